The predicted octanol–water partition coefficient (Wildman–Crippen LogP) is 5.68. The second kappa shape index (κ2) is 9.87. The molecule has 1 aromatic heterocycles. The van der Waals surface area contributed by atoms with E-state index in [2.05, 4.69) is 31.5 Å². The standard InChI is InChI=1S/C25H25BrN4O2/c1-16(18-9-11-19(26)12-10-18)27-25(31)30-23(15-17-7-13-20(32-2)14-8-17)24-28-21-5-3-4-6-22(21)29-24/h3-14,16,23H,15H2,1-2H3,(H,28,29)(H2,27,30,31)/t16-,23+/m0/s1. The molecule has 164 valence electrons. The molecule has 3 N–H and O–H groups in total. The summed E-state index contributed by atoms with van der Waals surface area (Å²) in [5, 5.41) is 6.13. The molecule has 3 aromatic carbocycles. The van der Waals surface area contributed by atoms with E-state index in [1.807, 2.05) is 79.7 Å². The van der Waals surface area contributed by atoms with E-state index in [0.717, 1.165) is 32.4 Å². The van der Waals surface area contributed by atoms with Gasteiger partial charge in [-0.1, -0.05) is 52.3 Å². The molecule has 0 aliphatic carbocycles. The summed E-state index contributed by atoms with van der Waals surface area (Å²) in [7, 11) is 1.64. The number of amides is 2. The minimum atomic E-state index is -0.326. The van der Waals surface area contributed by atoms with Crippen LogP contribution in [0, 0.1) is 0 Å². The molecule has 0 aliphatic heterocycles. The smallest absolute Gasteiger partial charge is 0.315 e. The first-order valence-corrected chi connectivity index (χ1v) is 11.2. The number of hydrogen-bond acceptors (Lipinski definition) is 3. The maximum Gasteiger partial charge on any atom is 0.315 e. The van der Waals surface area contributed by atoms with E-state index in [1.165, 1.54) is 0 Å². The Morgan fingerprint density at radius 2 is 1.75 bits per heavy atom. The third-order valence-electron chi connectivity index (χ3n) is 5.36. The van der Waals surface area contributed by atoms with Crippen molar-refractivity contribution in [2.45, 2.75) is 25.4 Å². The van der Waals surface area contributed by atoms with Gasteiger partial charge in [-0.3, -0.25) is 0 Å². The van der Waals surface area contributed by atoms with Crippen LogP contribution in [-0.2, 0) is 6.42 Å². The third kappa shape index (κ3) is 5.29. The Morgan fingerprint density at radius 3 is 2.44 bits per heavy atom. The Balaban J connectivity index is 1.53. The number of para-hydroxylation sites is 2. The first-order chi connectivity index (χ1) is 15.5. The van der Waals surface area contributed by atoms with Crippen molar-refractivity contribution in [2.24, 2.45) is 0 Å². The zero-order valence-electron chi connectivity index (χ0n) is 17.9. The van der Waals surface area contributed by atoms with Crippen molar-refractivity contribution < 1.29 is 9.53 Å². The Hall–Kier alpha value is -3.32. The number of benzene rings is 3. The first kappa shape index (κ1) is 21.9. The maximum atomic E-state index is 12.9. The number of carbonyl (C=O) groups is 1. The highest BCUT2D eigenvalue weighted by atomic mass is 79.9. The van der Waals surface area contributed by atoms with Gasteiger partial charge in [-0.2, -0.15) is 0 Å². The average molecular weight is 493 g/mol. The number of carbonyl (C=O) groups excluding carboxylic acids is 1. The second-order valence-corrected chi connectivity index (χ2v) is 8.55. The van der Waals surface area contributed by atoms with Gasteiger partial charge in [0.15, 0.2) is 0 Å². The summed E-state index contributed by atoms with van der Waals surface area (Å²) in [5.41, 5.74) is 3.90. The number of fused-ring (bicyclic) bond motifs is 1. The number of halogens is 1. The van der Waals surface area contributed by atoms with E-state index in [-0.39, 0.29) is 18.1 Å². The molecular formula is C25H25BrN4O2. The van der Waals surface area contributed by atoms with E-state index in [4.69, 9.17) is 9.72 Å². The van der Waals surface area contributed by atoms with Crippen LogP contribution < -0.4 is 15.4 Å². The lowest BCUT2D eigenvalue weighted by molar-refractivity contribution is 0.233. The van der Waals surface area contributed by atoms with Gasteiger partial charge < -0.3 is 20.4 Å². The first-order valence-electron chi connectivity index (χ1n) is 10.4. The highest BCUT2D eigenvalue weighted by molar-refractivity contribution is 9.10. The summed E-state index contributed by atoms with van der Waals surface area (Å²) in [6, 6.07) is 22.9. The molecule has 2 atom stereocenters. The second-order valence-electron chi connectivity index (χ2n) is 7.64. The normalized spacial score (nSPS) is 12.8. The summed E-state index contributed by atoms with van der Waals surface area (Å²) in [4.78, 5) is 21.0. The SMILES string of the molecule is COc1ccc(C[C@@H](NC(=O)N[C@@H](C)c2ccc(Br)cc2)c2nc3ccccc3[nH]2)cc1. The zero-order chi connectivity index (χ0) is 22.5. The number of ether oxygens (including phenoxy) is 1. The van der Waals surface area contributed by atoms with Gasteiger partial charge in [-0.05, 0) is 60.9 Å². The van der Waals surface area contributed by atoms with Gasteiger partial charge in [0.1, 0.15) is 11.6 Å². The molecule has 0 spiro atoms. The topological polar surface area (TPSA) is 79.0 Å². The highest BCUT2D eigenvalue weighted by Gasteiger charge is 2.20. The van der Waals surface area contributed by atoms with Gasteiger partial charge in [-0.15, -0.1) is 0 Å². The quantitative estimate of drug-likeness (QED) is 0.310. The van der Waals surface area contributed by atoms with Crippen molar-refractivity contribution >= 4 is 33.0 Å². The Morgan fingerprint density at radius 1 is 1.03 bits per heavy atom. The summed E-state index contributed by atoms with van der Waals surface area (Å²) >= 11 is 3.44. The molecule has 0 aliphatic rings. The number of urea groups is 1. The van der Waals surface area contributed by atoms with Crippen molar-refractivity contribution in [3.8, 4) is 5.75 Å². The largest absolute Gasteiger partial charge is 0.497 e. The molecular weight excluding hydrogens is 468 g/mol. The van der Waals surface area contributed by atoms with Gasteiger partial charge >= 0.3 is 6.03 Å². The van der Waals surface area contributed by atoms with E-state index < -0.39 is 0 Å². The lowest BCUT2D eigenvalue weighted by Gasteiger charge is -2.20. The van der Waals surface area contributed by atoms with Crippen molar-refractivity contribution in [3.63, 3.8) is 0 Å². The van der Waals surface area contributed by atoms with E-state index in [9.17, 15) is 4.79 Å². The minimum Gasteiger partial charge on any atom is -0.497 e. The Bertz CT molecular complexity index is 1160. The molecule has 4 aromatic rings. The highest BCUT2D eigenvalue weighted by Crippen LogP contribution is 2.22. The maximum absolute atomic E-state index is 12.9. The predicted molar refractivity (Wildman–Crippen MR) is 130 cm³/mol. The summed E-state index contributed by atoms with van der Waals surface area (Å²) < 4.78 is 6.26. The number of aromatic amines is 1. The monoisotopic (exact) mass is 492 g/mol. The summed E-state index contributed by atoms with van der Waals surface area (Å²) in [5.74, 6) is 1.51. The van der Waals surface area contributed by atoms with Gasteiger partial charge in [-0.25, -0.2) is 9.78 Å². The molecule has 6 nitrogen and oxygen atoms in total. The number of rotatable bonds is 7. The molecule has 1 heterocycles. The summed E-state index contributed by atoms with van der Waals surface area (Å²) in [6.07, 6.45) is 0.587. The minimum absolute atomic E-state index is 0.139. The molecule has 2 amide bonds. The molecule has 0 bridgehead atoms. The van der Waals surface area contributed by atoms with Crippen molar-refractivity contribution in [3.05, 3.63) is 94.2 Å². The van der Waals surface area contributed by atoms with Crippen LogP contribution in [0.25, 0.3) is 11.0 Å². The van der Waals surface area contributed by atoms with Gasteiger partial charge in [0, 0.05) is 4.47 Å². The van der Waals surface area contributed by atoms with Crippen molar-refractivity contribution in [1.82, 2.24) is 20.6 Å². The number of aromatic nitrogens is 2. The van der Waals surface area contributed by atoms with Crippen LogP contribution in [0.15, 0.2) is 77.3 Å². The van der Waals surface area contributed by atoms with Crippen molar-refractivity contribution in [2.75, 3.05) is 7.11 Å². The molecule has 0 unspecified atom stereocenters. The number of H-pyrrole nitrogens is 1. The van der Waals surface area contributed by atoms with E-state index in [1.54, 1.807) is 7.11 Å². The van der Waals surface area contributed by atoms with Gasteiger partial charge in [0.05, 0.1) is 30.2 Å². The van der Waals surface area contributed by atoms with Crippen LogP contribution in [-0.4, -0.2) is 23.1 Å². The number of methoxy groups -OCH3 is 1. The van der Waals surface area contributed by atoms with Crippen LogP contribution in [0.4, 0.5) is 4.79 Å². The van der Waals surface area contributed by atoms with Crippen molar-refractivity contribution in [1.29, 1.82) is 0 Å². The zero-order valence-corrected chi connectivity index (χ0v) is 19.5. The third-order valence-corrected chi connectivity index (χ3v) is 5.89. The van der Waals surface area contributed by atoms with E-state index >= 15 is 0 Å². The van der Waals surface area contributed by atoms with Crippen LogP contribution in [0.5, 0.6) is 5.75 Å². The average Bonchev–Trinajstić information content (AvgIpc) is 3.24. The number of hydrogen-bond donors (Lipinski definition) is 3. The molecule has 0 radical (unpaired) electrons. The molecule has 0 saturated carbocycles. The lowest BCUT2D eigenvalue weighted by atomic mass is 10.1. The molecule has 32 heavy (non-hydrogen) atoms. The van der Waals surface area contributed by atoms with Crippen LogP contribution in [0.3, 0.4) is 0 Å². The fraction of sp³-hybridized carbons (Fsp3) is 0.200. The van der Waals surface area contributed by atoms with Crippen LogP contribution in [0.1, 0.15) is 36.0 Å². The van der Waals surface area contributed by atoms with E-state index in [0.29, 0.717) is 12.2 Å². The van der Waals surface area contributed by atoms with Crippen LogP contribution in [0.2, 0.25) is 0 Å². The lowest BCUT2D eigenvalue weighted by Crippen LogP contribution is -2.40. The Labute approximate surface area is 195 Å². The fourth-order valence-corrected chi connectivity index (χ4v) is 3.85. The molecule has 4 rings (SSSR count). The Kier molecular flexibility index (Phi) is 6.75. The van der Waals surface area contributed by atoms with Crippen LogP contribution >= 0.6 is 15.9 Å². The number of nitrogens with zero attached hydrogens (tertiary/aromatic N) is 1. The summed E-state index contributed by atoms with van der Waals surface area (Å²) in [6.45, 7) is 1.96. The molecule has 0 saturated heterocycles. The van der Waals surface area contributed by atoms with Gasteiger partial charge in [0.25, 0.3) is 0 Å². The number of imidazole rings is 1. The number of nitrogens with one attached hydrogen (secondary N) is 3. The van der Waals surface area contributed by atoms with Gasteiger partial charge in [0.2, 0.25) is 0 Å². The molecule has 7 heteroatoms. The molecule has 0 fully saturated rings. The fourth-order valence-electron chi connectivity index (χ4n) is 3.58.